The van der Waals surface area contributed by atoms with Crippen molar-refractivity contribution in [2.75, 3.05) is 37.4 Å². The summed E-state index contributed by atoms with van der Waals surface area (Å²) in [4.78, 5) is 21.3. The Balaban J connectivity index is 1.69. The molecular formula is C19H24N4O. The number of pyridine rings is 1. The van der Waals surface area contributed by atoms with Crippen LogP contribution in [-0.2, 0) is 6.54 Å². The van der Waals surface area contributed by atoms with E-state index in [1.807, 2.05) is 49.3 Å². The molecule has 1 N–H and O–H groups in total. The van der Waals surface area contributed by atoms with Gasteiger partial charge in [0, 0.05) is 26.2 Å². The number of carbonyl (C=O) groups excluding carboxylic acids is 1. The predicted molar refractivity (Wildman–Crippen MR) is 97.5 cm³/mol. The average Bonchev–Trinajstić information content (AvgIpc) is 3.08. The van der Waals surface area contributed by atoms with E-state index in [1.54, 1.807) is 6.07 Å². The molecule has 1 aromatic heterocycles. The minimum Gasteiger partial charge on any atom is -0.363 e. The van der Waals surface area contributed by atoms with E-state index in [1.165, 1.54) is 18.4 Å². The molecule has 1 aliphatic rings. The van der Waals surface area contributed by atoms with E-state index in [0.29, 0.717) is 11.4 Å². The van der Waals surface area contributed by atoms with Crippen LogP contribution in [0.5, 0.6) is 0 Å². The number of benzene rings is 1. The Hall–Kier alpha value is -2.40. The molecule has 0 spiro atoms. The molecule has 1 aliphatic heterocycles. The van der Waals surface area contributed by atoms with Crippen LogP contribution in [0.4, 0.5) is 11.6 Å². The average molecular weight is 324 g/mol. The van der Waals surface area contributed by atoms with E-state index in [0.717, 1.165) is 25.5 Å². The van der Waals surface area contributed by atoms with Gasteiger partial charge in [0.2, 0.25) is 0 Å². The molecule has 0 atom stereocenters. The number of rotatable bonds is 5. The molecule has 2 aromatic rings. The van der Waals surface area contributed by atoms with E-state index >= 15 is 0 Å². The van der Waals surface area contributed by atoms with Crippen molar-refractivity contribution in [2.45, 2.75) is 19.4 Å². The highest BCUT2D eigenvalue weighted by Crippen LogP contribution is 2.16. The number of carbonyl (C=O) groups is 1. The number of hydrogen-bond donors (Lipinski definition) is 1. The summed E-state index contributed by atoms with van der Waals surface area (Å²) in [6.07, 6.45) is 2.54. The molecule has 2 heterocycles. The van der Waals surface area contributed by atoms with Gasteiger partial charge in [-0.15, -0.1) is 0 Å². The highest BCUT2D eigenvalue weighted by atomic mass is 16.1. The highest BCUT2D eigenvalue weighted by Gasteiger charge is 2.13. The van der Waals surface area contributed by atoms with E-state index in [2.05, 4.69) is 21.3 Å². The van der Waals surface area contributed by atoms with Crippen molar-refractivity contribution in [1.82, 2.24) is 9.88 Å². The summed E-state index contributed by atoms with van der Waals surface area (Å²) in [6.45, 7) is 3.21. The lowest BCUT2D eigenvalue weighted by Gasteiger charge is -2.15. The smallest absolute Gasteiger partial charge is 0.256 e. The Morgan fingerprint density at radius 1 is 1.17 bits per heavy atom. The molecule has 0 bridgehead atoms. The molecule has 1 amide bonds. The number of amides is 1. The first kappa shape index (κ1) is 16.5. The predicted octanol–water partition coefficient (Wildman–Crippen LogP) is 3.00. The van der Waals surface area contributed by atoms with Gasteiger partial charge in [0.15, 0.2) is 0 Å². The van der Waals surface area contributed by atoms with Crippen LogP contribution in [0.2, 0.25) is 0 Å². The van der Waals surface area contributed by atoms with Crippen LogP contribution < -0.4 is 10.2 Å². The van der Waals surface area contributed by atoms with Crippen LogP contribution >= 0.6 is 0 Å². The Labute approximate surface area is 143 Å². The molecule has 0 radical (unpaired) electrons. The fraction of sp³-hybridized carbons (Fsp3) is 0.368. The van der Waals surface area contributed by atoms with Gasteiger partial charge in [0.05, 0.1) is 0 Å². The van der Waals surface area contributed by atoms with Crippen molar-refractivity contribution >= 4 is 17.5 Å². The van der Waals surface area contributed by atoms with Crippen LogP contribution in [0, 0.1) is 0 Å². The van der Waals surface area contributed by atoms with Crippen LogP contribution in [0.1, 0.15) is 28.8 Å². The molecule has 5 heteroatoms. The van der Waals surface area contributed by atoms with Crippen molar-refractivity contribution in [3.63, 3.8) is 0 Å². The second-order valence-electron chi connectivity index (χ2n) is 6.41. The van der Waals surface area contributed by atoms with Gasteiger partial charge in [-0.05, 0) is 55.8 Å². The van der Waals surface area contributed by atoms with Crippen LogP contribution in [0.15, 0.2) is 42.5 Å². The fourth-order valence-corrected chi connectivity index (χ4v) is 2.94. The third-order valence-corrected chi connectivity index (χ3v) is 4.23. The molecule has 1 fully saturated rings. The summed E-state index contributed by atoms with van der Waals surface area (Å²) in [5.41, 5.74) is 1.85. The number of hydrogen-bond acceptors (Lipinski definition) is 4. The molecule has 5 nitrogen and oxygen atoms in total. The molecule has 3 rings (SSSR count). The summed E-state index contributed by atoms with van der Waals surface area (Å²) in [6, 6.07) is 13.5. The molecule has 0 saturated carbocycles. The first-order valence-electron chi connectivity index (χ1n) is 8.39. The summed E-state index contributed by atoms with van der Waals surface area (Å²) < 4.78 is 0. The lowest BCUT2D eigenvalue weighted by Crippen LogP contribution is -2.19. The Bertz CT molecular complexity index is 708. The van der Waals surface area contributed by atoms with Gasteiger partial charge in [0.1, 0.15) is 11.6 Å². The summed E-state index contributed by atoms with van der Waals surface area (Å²) >= 11 is 0. The normalized spacial score (nSPS) is 14.6. The summed E-state index contributed by atoms with van der Waals surface area (Å²) in [7, 11) is 3.85. The first-order chi connectivity index (χ1) is 11.6. The number of anilines is 2. The minimum atomic E-state index is -0.123. The quantitative estimate of drug-likeness (QED) is 0.918. The first-order valence-corrected chi connectivity index (χ1v) is 8.39. The van der Waals surface area contributed by atoms with Crippen molar-refractivity contribution in [2.24, 2.45) is 0 Å². The zero-order chi connectivity index (χ0) is 16.9. The van der Waals surface area contributed by atoms with Crippen molar-refractivity contribution in [3.05, 3.63) is 53.6 Å². The van der Waals surface area contributed by atoms with E-state index < -0.39 is 0 Å². The van der Waals surface area contributed by atoms with Crippen LogP contribution in [0.3, 0.4) is 0 Å². The molecule has 0 aliphatic carbocycles. The Morgan fingerprint density at radius 2 is 1.92 bits per heavy atom. The largest absolute Gasteiger partial charge is 0.363 e. The molecule has 1 aromatic carbocycles. The monoisotopic (exact) mass is 324 g/mol. The number of aromatic nitrogens is 1. The third-order valence-electron chi connectivity index (χ3n) is 4.23. The van der Waals surface area contributed by atoms with Crippen LogP contribution in [0.25, 0.3) is 0 Å². The summed E-state index contributed by atoms with van der Waals surface area (Å²) in [5.74, 6) is 1.26. The maximum Gasteiger partial charge on any atom is 0.256 e. The van der Waals surface area contributed by atoms with E-state index in [9.17, 15) is 4.79 Å². The number of nitrogens with zero attached hydrogens (tertiary/aromatic N) is 3. The number of nitrogens with one attached hydrogen (secondary N) is 1. The van der Waals surface area contributed by atoms with Crippen molar-refractivity contribution < 1.29 is 4.79 Å². The Morgan fingerprint density at radius 3 is 2.67 bits per heavy atom. The van der Waals surface area contributed by atoms with Crippen LogP contribution in [-0.4, -0.2) is 43.0 Å². The molecule has 24 heavy (non-hydrogen) atoms. The van der Waals surface area contributed by atoms with Crippen molar-refractivity contribution in [3.8, 4) is 0 Å². The zero-order valence-electron chi connectivity index (χ0n) is 14.3. The van der Waals surface area contributed by atoms with Gasteiger partial charge in [-0.3, -0.25) is 9.69 Å². The maximum absolute atomic E-state index is 12.5. The van der Waals surface area contributed by atoms with Gasteiger partial charge in [-0.2, -0.15) is 0 Å². The van der Waals surface area contributed by atoms with Gasteiger partial charge < -0.3 is 10.2 Å². The van der Waals surface area contributed by atoms with Gasteiger partial charge in [-0.1, -0.05) is 18.2 Å². The molecular weight excluding hydrogens is 300 g/mol. The SMILES string of the molecule is CN(C)c1cccc(NC(=O)c2cccc(CN3CCCC3)c2)n1. The van der Waals surface area contributed by atoms with Gasteiger partial charge >= 0.3 is 0 Å². The second kappa shape index (κ2) is 7.45. The standard InChI is InChI=1S/C19H24N4O/c1-22(2)18-10-6-9-17(20-18)21-19(24)16-8-5-7-15(13-16)14-23-11-3-4-12-23/h5-10,13H,3-4,11-12,14H2,1-2H3,(H,20,21,24). The van der Waals surface area contributed by atoms with Gasteiger partial charge in [0.25, 0.3) is 5.91 Å². The molecule has 0 unspecified atom stereocenters. The number of likely N-dealkylation sites (tertiary alicyclic amines) is 1. The topological polar surface area (TPSA) is 48.5 Å². The van der Waals surface area contributed by atoms with E-state index in [4.69, 9.17) is 0 Å². The zero-order valence-corrected chi connectivity index (χ0v) is 14.3. The molecule has 126 valence electrons. The minimum absolute atomic E-state index is 0.123. The van der Waals surface area contributed by atoms with Crippen molar-refractivity contribution in [1.29, 1.82) is 0 Å². The Kier molecular flexibility index (Phi) is 5.11. The molecule has 1 saturated heterocycles. The maximum atomic E-state index is 12.5. The highest BCUT2D eigenvalue weighted by molar-refractivity contribution is 6.03. The third kappa shape index (κ3) is 4.11. The van der Waals surface area contributed by atoms with E-state index in [-0.39, 0.29) is 5.91 Å². The lowest BCUT2D eigenvalue weighted by molar-refractivity contribution is 0.102. The van der Waals surface area contributed by atoms with Gasteiger partial charge in [-0.25, -0.2) is 4.98 Å². The second-order valence-corrected chi connectivity index (χ2v) is 6.41. The lowest BCUT2D eigenvalue weighted by atomic mass is 10.1. The fourth-order valence-electron chi connectivity index (χ4n) is 2.94. The summed E-state index contributed by atoms with van der Waals surface area (Å²) in [5, 5.41) is 2.88.